The molecule has 2 amide bonds. The van der Waals surface area contributed by atoms with E-state index in [4.69, 9.17) is 4.74 Å². The minimum absolute atomic E-state index is 0.140. The highest BCUT2D eigenvalue weighted by Crippen LogP contribution is 2.11. The Kier molecular flexibility index (Phi) is 7.42. The van der Waals surface area contributed by atoms with Crippen LogP contribution in [0.25, 0.3) is 0 Å². The molecule has 0 aromatic heterocycles. The lowest BCUT2D eigenvalue weighted by Crippen LogP contribution is -2.55. The highest BCUT2D eigenvalue weighted by molar-refractivity contribution is 5.81. The number of morpholine rings is 1. The second kappa shape index (κ2) is 10.0. The van der Waals surface area contributed by atoms with Crippen molar-refractivity contribution in [2.24, 2.45) is 0 Å². The van der Waals surface area contributed by atoms with Crippen LogP contribution >= 0.6 is 0 Å². The molecular formula is C21H32N4O3. The molecule has 2 heterocycles. The topological polar surface area (TPSA) is 56.3 Å². The smallest absolute Gasteiger partial charge is 0.239 e. The number of likely N-dealkylation sites (N-methyl/N-ethyl adjacent to an activating group) is 1. The molecule has 2 saturated heterocycles. The minimum atomic E-state index is -0.147. The molecule has 7 heteroatoms. The van der Waals surface area contributed by atoms with E-state index in [2.05, 4.69) is 9.80 Å². The molecule has 0 N–H and O–H groups in total. The van der Waals surface area contributed by atoms with Crippen molar-refractivity contribution in [2.45, 2.75) is 19.5 Å². The van der Waals surface area contributed by atoms with Gasteiger partial charge >= 0.3 is 0 Å². The van der Waals surface area contributed by atoms with E-state index in [9.17, 15) is 9.59 Å². The van der Waals surface area contributed by atoms with Crippen LogP contribution in [0, 0.1) is 0 Å². The molecule has 7 nitrogen and oxygen atoms in total. The summed E-state index contributed by atoms with van der Waals surface area (Å²) in [7, 11) is 1.86. The van der Waals surface area contributed by atoms with Gasteiger partial charge in [-0.2, -0.15) is 0 Å². The molecule has 0 spiro atoms. The number of benzene rings is 1. The van der Waals surface area contributed by atoms with E-state index >= 15 is 0 Å². The van der Waals surface area contributed by atoms with Gasteiger partial charge in [-0.25, -0.2) is 0 Å². The third-order valence-electron chi connectivity index (χ3n) is 5.67. The third-order valence-corrected chi connectivity index (χ3v) is 5.67. The molecule has 0 bridgehead atoms. The first-order valence-corrected chi connectivity index (χ1v) is 10.2. The Morgan fingerprint density at radius 2 is 1.68 bits per heavy atom. The lowest BCUT2D eigenvalue weighted by molar-refractivity contribution is -0.139. The van der Waals surface area contributed by atoms with Gasteiger partial charge < -0.3 is 14.5 Å². The molecule has 3 rings (SSSR count). The summed E-state index contributed by atoms with van der Waals surface area (Å²) in [5, 5.41) is 0. The van der Waals surface area contributed by atoms with Gasteiger partial charge in [-0.05, 0) is 12.5 Å². The maximum atomic E-state index is 12.8. The molecule has 1 atom stereocenters. The van der Waals surface area contributed by atoms with Crippen molar-refractivity contribution in [3.8, 4) is 0 Å². The Morgan fingerprint density at radius 1 is 1.04 bits per heavy atom. The van der Waals surface area contributed by atoms with Gasteiger partial charge in [-0.3, -0.25) is 19.4 Å². The highest BCUT2D eigenvalue weighted by atomic mass is 16.5. The predicted molar refractivity (Wildman–Crippen MR) is 108 cm³/mol. The average molecular weight is 389 g/mol. The van der Waals surface area contributed by atoms with Crippen LogP contribution in [0.2, 0.25) is 0 Å². The first kappa shape index (κ1) is 20.8. The number of rotatable bonds is 6. The zero-order valence-electron chi connectivity index (χ0n) is 17.0. The molecule has 28 heavy (non-hydrogen) atoms. The molecule has 0 aliphatic carbocycles. The van der Waals surface area contributed by atoms with Gasteiger partial charge in [0.05, 0.1) is 25.8 Å². The summed E-state index contributed by atoms with van der Waals surface area (Å²) in [5.74, 6) is 0.324. The fraction of sp³-hybridized carbons (Fsp3) is 0.619. The van der Waals surface area contributed by atoms with Gasteiger partial charge in [0.15, 0.2) is 0 Å². The van der Waals surface area contributed by atoms with E-state index in [-0.39, 0.29) is 17.9 Å². The predicted octanol–water partition coefficient (Wildman–Crippen LogP) is 0.510. The number of hydrogen-bond donors (Lipinski definition) is 0. The standard InChI is InChI=1S/C21H32N4O3/c1-18(21(27)22(2)16-19-6-4-3-5-7-19)24-10-8-23(9-11-24)17-20(26)25-12-14-28-15-13-25/h3-7,18H,8-17H2,1-2H3. The Balaban J connectivity index is 1.43. The monoisotopic (exact) mass is 388 g/mol. The molecule has 154 valence electrons. The molecular weight excluding hydrogens is 356 g/mol. The van der Waals surface area contributed by atoms with Gasteiger partial charge in [0.25, 0.3) is 0 Å². The van der Waals surface area contributed by atoms with Crippen molar-refractivity contribution < 1.29 is 14.3 Å². The summed E-state index contributed by atoms with van der Waals surface area (Å²) in [4.78, 5) is 33.3. The van der Waals surface area contributed by atoms with E-state index in [1.807, 2.05) is 49.2 Å². The van der Waals surface area contributed by atoms with Gasteiger partial charge in [0.1, 0.15) is 0 Å². The Labute approximate surface area is 167 Å². The quantitative estimate of drug-likeness (QED) is 0.711. The third kappa shape index (κ3) is 5.53. The zero-order valence-corrected chi connectivity index (χ0v) is 17.0. The van der Waals surface area contributed by atoms with Crippen LogP contribution in [0.5, 0.6) is 0 Å². The second-order valence-electron chi connectivity index (χ2n) is 7.66. The van der Waals surface area contributed by atoms with Crippen molar-refractivity contribution in [1.29, 1.82) is 0 Å². The zero-order chi connectivity index (χ0) is 19.9. The van der Waals surface area contributed by atoms with Crippen LogP contribution in [0.15, 0.2) is 30.3 Å². The lowest BCUT2D eigenvalue weighted by atomic mass is 10.1. The fourth-order valence-electron chi connectivity index (χ4n) is 3.82. The molecule has 2 aliphatic heterocycles. The number of carbonyl (C=O) groups excluding carboxylic acids is 2. The van der Waals surface area contributed by atoms with Crippen molar-refractivity contribution >= 4 is 11.8 Å². The summed E-state index contributed by atoms with van der Waals surface area (Å²) in [6, 6.07) is 9.91. The van der Waals surface area contributed by atoms with Crippen LogP contribution in [-0.2, 0) is 20.9 Å². The second-order valence-corrected chi connectivity index (χ2v) is 7.66. The van der Waals surface area contributed by atoms with Crippen molar-refractivity contribution in [2.75, 3.05) is 66.1 Å². The minimum Gasteiger partial charge on any atom is -0.378 e. The first-order valence-electron chi connectivity index (χ1n) is 10.2. The van der Waals surface area contributed by atoms with E-state index in [1.54, 1.807) is 4.90 Å². The van der Waals surface area contributed by atoms with E-state index < -0.39 is 0 Å². The number of piperazine rings is 1. The highest BCUT2D eigenvalue weighted by Gasteiger charge is 2.29. The molecule has 1 aromatic rings. The lowest BCUT2D eigenvalue weighted by Gasteiger charge is -2.39. The van der Waals surface area contributed by atoms with Crippen molar-refractivity contribution in [3.63, 3.8) is 0 Å². The Morgan fingerprint density at radius 3 is 2.32 bits per heavy atom. The summed E-state index contributed by atoms with van der Waals surface area (Å²) in [6.45, 7) is 8.97. The fourth-order valence-corrected chi connectivity index (χ4v) is 3.82. The van der Waals surface area contributed by atoms with Gasteiger partial charge in [-0.15, -0.1) is 0 Å². The maximum absolute atomic E-state index is 12.8. The number of carbonyl (C=O) groups is 2. The number of hydrogen-bond acceptors (Lipinski definition) is 5. The van der Waals surface area contributed by atoms with Crippen LogP contribution < -0.4 is 0 Å². The number of amides is 2. The molecule has 0 saturated carbocycles. The Hall–Kier alpha value is -1.96. The van der Waals surface area contributed by atoms with Gasteiger partial charge in [-0.1, -0.05) is 30.3 Å². The van der Waals surface area contributed by atoms with E-state index in [1.165, 1.54) is 0 Å². The summed E-state index contributed by atoms with van der Waals surface area (Å²) in [5.41, 5.74) is 1.14. The van der Waals surface area contributed by atoms with E-state index in [0.29, 0.717) is 39.4 Å². The van der Waals surface area contributed by atoms with Crippen molar-refractivity contribution in [1.82, 2.24) is 19.6 Å². The summed E-state index contributed by atoms with van der Waals surface area (Å²) in [6.07, 6.45) is 0. The summed E-state index contributed by atoms with van der Waals surface area (Å²) >= 11 is 0. The largest absolute Gasteiger partial charge is 0.378 e. The first-order chi connectivity index (χ1) is 13.5. The number of nitrogens with zero attached hydrogens (tertiary/aromatic N) is 4. The van der Waals surface area contributed by atoms with E-state index in [0.717, 1.165) is 31.7 Å². The van der Waals surface area contributed by atoms with Gasteiger partial charge in [0, 0.05) is 52.9 Å². The normalized spacial score (nSPS) is 20.0. The maximum Gasteiger partial charge on any atom is 0.239 e. The molecule has 1 aromatic carbocycles. The SMILES string of the molecule is CC(C(=O)N(C)Cc1ccccc1)N1CCN(CC(=O)N2CCOCC2)CC1. The van der Waals surface area contributed by atoms with Crippen LogP contribution in [0.1, 0.15) is 12.5 Å². The average Bonchev–Trinajstić information content (AvgIpc) is 2.74. The molecule has 2 aliphatic rings. The molecule has 1 unspecified atom stereocenters. The van der Waals surface area contributed by atoms with Crippen LogP contribution in [0.4, 0.5) is 0 Å². The molecule has 0 radical (unpaired) electrons. The van der Waals surface area contributed by atoms with Crippen LogP contribution in [-0.4, -0.2) is 104 Å². The summed E-state index contributed by atoms with van der Waals surface area (Å²) < 4.78 is 5.31. The van der Waals surface area contributed by atoms with Crippen LogP contribution in [0.3, 0.4) is 0 Å². The van der Waals surface area contributed by atoms with Gasteiger partial charge in [0.2, 0.25) is 11.8 Å². The Bertz CT molecular complexity index is 640. The van der Waals surface area contributed by atoms with Crippen molar-refractivity contribution in [3.05, 3.63) is 35.9 Å². The number of ether oxygens (including phenoxy) is 1. The molecule has 2 fully saturated rings.